The summed E-state index contributed by atoms with van der Waals surface area (Å²) in [4.78, 5) is 18.8. The van der Waals surface area contributed by atoms with E-state index in [1.807, 2.05) is 36.4 Å². The number of likely N-dealkylation sites (tertiary alicyclic amines) is 1. The normalized spacial score (nSPS) is 17.8. The van der Waals surface area contributed by atoms with Crippen molar-refractivity contribution in [1.29, 1.82) is 0 Å². The second kappa shape index (κ2) is 7.93. The van der Waals surface area contributed by atoms with Crippen molar-refractivity contribution in [3.05, 3.63) is 49.2 Å². The lowest BCUT2D eigenvalue weighted by atomic mass is 10.2. The standard InChI is InChI=1S/C19H23N3O2/c1-2-12-22-13-5-8-16(22)19(23)21-11-14-24-17-9-3-6-15-7-4-10-20-18(15)17/h2-4,6-7,9-10,16H,1,5,8,11-14H2,(H,21,23)/t16-/m0/s1. The molecule has 5 nitrogen and oxygen atoms in total. The van der Waals surface area contributed by atoms with E-state index in [1.165, 1.54) is 0 Å². The largest absolute Gasteiger partial charge is 0.489 e. The lowest BCUT2D eigenvalue weighted by Gasteiger charge is -2.22. The average molecular weight is 325 g/mol. The van der Waals surface area contributed by atoms with Crippen molar-refractivity contribution in [3.8, 4) is 5.75 Å². The van der Waals surface area contributed by atoms with Crippen molar-refractivity contribution in [1.82, 2.24) is 15.2 Å². The summed E-state index contributed by atoms with van der Waals surface area (Å²) in [5.74, 6) is 0.825. The number of para-hydroxylation sites is 1. The molecule has 0 radical (unpaired) electrons. The van der Waals surface area contributed by atoms with E-state index in [4.69, 9.17) is 4.74 Å². The summed E-state index contributed by atoms with van der Waals surface area (Å²) in [6.45, 7) is 6.39. The van der Waals surface area contributed by atoms with Gasteiger partial charge >= 0.3 is 0 Å². The van der Waals surface area contributed by atoms with Gasteiger partial charge in [0.15, 0.2) is 0 Å². The molecule has 0 unspecified atom stereocenters. The lowest BCUT2D eigenvalue weighted by molar-refractivity contribution is -0.125. The fourth-order valence-corrected chi connectivity index (χ4v) is 3.15. The molecule has 1 amide bonds. The Hall–Kier alpha value is -2.40. The van der Waals surface area contributed by atoms with E-state index in [0.717, 1.165) is 42.6 Å². The highest BCUT2D eigenvalue weighted by Crippen LogP contribution is 2.22. The maximum atomic E-state index is 12.3. The molecular formula is C19H23N3O2. The van der Waals surface area contributed by atoms with Crippen LogP contribution < -0.4 is 10.1 Å². The van der Waals surface area contributed by atoms with Gasteiger partial charge in [-0.15, -0.1) is 6.58 Å². The minimum absolute atomic E-state index is 0.0396. The fraction of sp³-hybridized carbons (Fsp3) is 0.368. The molecule has 2 aromatic rings. The first-order valence-electron chi connectivity index (χ1n) is 8.39. The van der Waals surface area contributed by atoms with E-state index in [1.54, 1.807) is 6.20 Å². The molecule has 24 heavy (non-hydrogen) atoms. The monoisotopic (exact) mass is 325 g/mol. The van der Waals surface area contributed by atoms with Gasteiger partial charge in [-0.25, -0.2) is 0 Å². The van der Waals surface area contributed by atoms with Crippen LogP contribution in [-0.4, -0.2) is 48.1 Å². The van der Waals surface area contributed by atoms with Crippen LogP contribution in [0.2, 0.25) is 0 Å². The average Bonchev–Trinajstić information content (AvgIpc) is 3.07. The van der Waals surface area contributed by atoms with Crippen LogP contribution in [0.1, 0.15) is 12.8 Å². The number of nitrogens with zero attached hydrogens (tertiary/aromatic N) is 2. The molecule has 1 aromatic heterocycles. The smallest absolute Gasteiger partial charge is 0.237 e. The highest BCUT2D eigenvalue weighted by atomic mass is 16.5. The Morgan fingerprint density at radius 1 is 1.42 bits per heavy atom. The van der Waals surface area contributed by atoms with Crippen LogP contribution in [-0.2, 0) is 4.79 Å². The topological polar surface area (TPSA) is 54.5 Å². The first-order valence-corrected chi connectivity index (χ1v) is 8.39. The number of carbonyl (C=O) groups is 1. The van der Waals surface area contributed by atoms with Crippen molar-refractivity contribution < 1.29 is 9.53 Å². The maximum absolute atomic E-state index is 12.3. The third-order valence-electron chi connectivity index (χ3n) is 4.28. The second-order valence-corrected chi connectivity index (χ2v) is 5.91. The van der Waals surface area contributed by atoms with Crippen molar-refractivity contribution in [2.75, 3.05) is 26.2 Å². The molecule has 1 aromatic carbocycles. The van der Waals surface area contributed by atoms with Crippen LogP contribution in [0.15, 0.2) is 49.2 Å². The Bertz CT molecular complexity index is 711. The molecular weight excluding hydrogens is 302 g/mol. The maximum Gasteiger partial charge on any atom is 0.237 e. The van der Waals surface area contributed by atoms with Gasteiger partial charge in [0.05, 0.1) is 12.6 Å². The van der Waals surface area contributed by atoms with E-state index < -0.39 is 0 Å². The third kappa shape index (κ3) is 3.74. The lowest BCUT2D eigenvalue weighted by Crippen LogP contribution is -2.44. The highest BCUT2D eigenvalue weighted by molar-refractivity contribution is 5.84. The number of nitrogens with one attached hydrogen (secondary N) is 1. The molecule has 1 atom stereocenters. The number of aromatic nitrogens is 1. The summed E-state index contributed by atoms with van der Waals surface area (Å²) >= 11 is 0. The van der Waals surface area contributed by atoms with Gasteiger partial charge < -0.3 is 10.1 Å². The first-order chi connectivity index (χ1) is 11.8. The van der Waals surface area contributed by atoms with Gasteiger partial charge in [0.1, 0.15) is 17.9 Å². The Kier molecular flexibility index (Phi) is 5.43. The summed E-state index contributed by atoms with van der Waals surface area (Å²) in [6.07, 6.45) is 5.57. The van der Waals surface area contributed by atoms with E-state index in [2.05, 4.69) is 21.8 Å². The van der Waals surface area contributed by atoms with Gasteiger partial charge in [-0.05, 0) is 31.5 Å². The summed E-state index contributed by atoms with van der Waals surface area (Å²) < 4.78 is 5.80. The van der Waals surface area contributed by atoms with Gasteiger partial charge in [0.2, 0.25) is 5.91 Å². The number of fused-ring (bicyclic) bond motifs is 1. The summed E-state index contributed by atoms with van der Waals surface area (Å²) in [5, 5.41) is 4.02. The molecule has 1 N–H and O–H groups in total. The van der Waals surface area contributed by atoms with Crippen LogP contribution in [0.5, 0.6) is 5.75 Å². The molecule has 1 fully saturated rings. The van der Waals surface area contributed by atoms with E-state index in [0.29, 0.717) is 13.2 Å². The summed E-state index contributed by atoms with van der Waals surface area (Å²) in [7, 11) is 0. The second-order valence-electron chi connectivity index (χ2n) is 5.91. The van der Waals surface area contributed by atoms with Gasteiger partial charge in [0.25, 0.3) is 0 Å². The Morgan fingerprint density at radius 3 is 3.17 bits per heavy atom. The SMILES string of the molecule is C=CCN1CCC[C@H]1C(=O)NCCOc1cccc2cccnc12. The quantitative estimate of drug-likeness (QED) is 0.627. The molecule has 0 saturated carbocycles. The van der Waals surface area contributed by atoms with Crippen LogP contribution in [0, 0.1) is 0 Å². The predicted octanol–water partition coefficient (Wildman–Crippen LogP) is 2.38. The van der Waals surface area contributed by atoms with Crippen LogP contribution in [0.4, 0.5) is 0 Å². The highest BCUT2D eigenvalue weighted by Gasteiger charge is 2.29. The minimum Gasteiger partial charge on any atom is -0.489 e. The molecule has 0 bridgehead atoms. The molecule has 1 aliphatic rings. The zero-order valence-electron chi connectivity index (χ0n) is 13.8. The summed E-state index contributed by atoms with van der Waals surface area (Å²) in [6, 6.07) is 9.73. The number of rotatable bonds is 7. The zero-order valence-corrected chi connectivity index (χ0v) is 13.8. The minimum atomic E-state index is -0.0396. The Balaban J connectivity index is 1.50. The van der Waals surface area contributed by atoms with Crippen LogP contribution >= 0.6 is 0 Å². The predicted molar refractivity (Wildman–Crippen MR) is 95.0 cm³/mol. The molecule has 0 aliphatic carbocycles. The fourth-order valence-electron chi connectivity index (χ4n) is 3.15. The molecule has 3 rings (SSSR count). The molecule has 2 heterocycles. The first kappa shape index (κ1) is 16.5. The van der Waals surface area contributed by atoms with Crippen LogP contribution in [0.25, 0.3) is 10.9 Å². The van der Waals surface area contributed by atoms with Crippen LogP contribution in [0.3, 0.4) is 0 Å². The van der Waals surface area contributed by atoms with E-state index in [9.17, 15) is 4.79 Å². The van der Waals surface area contributed by atoms with E-state index >= 15 is 0 Å². The number of amides is 1. The van der Waals surface area contributed by atoms with Gasteiger partial charge in [0, 0.05) is 18.1 Å². The summed E-state index contributed by atoms with van der Waals surface area (Å²) in [5.41, 5.74) is 0.847. The molecule has 5 heteroatoms. The molecule has 1 aliphatic heterocycles. The van der Waals surface area contributed by atoms with Gasteiger partial charge in [-0.3, -0.25) is 14.7 Å². The zero-order chi connectivity index (χ0) is 16.8. The van der Waals surface area contributed by atoms with Gasteiger partial charge in [-0.1, -0.05) is 24.3 Å². The van der Waals surface area contributed by atoms with E-state index in [-0.39, 0.29) is 11.9 Å². The number of benzene rings is 1. The van der Waals surface area contributed by atoms with Crippen molar-refractivity contribution in [3.63, 3.8) is 0 Å². The third-order valence-corrected chi connectivity index (χ3v) is 4.28. The number of hydrogen-bond donors (Lipinski definition) is 1. The molecule has 126 valence electrons. The number of ether oxygens (including phenoxy) is 1. The Labute approximate surface area is 142 Å². The van der Waals surface area contributed by atoms with Crippen molar-refractivity contribution in [2.45, 2.75) is 18.9 Å². The molecule has 1 saturated heterocycles. The van der Waals surface area contributed by atoms with Crippen molar-refractivity contribution >= 4 is 16.8 Å². The van der Waals surface area contributed by atoms with Gasteiger partial charge in [-0.2, -0.15) is 0 Å². The number of carbonyl (C=O) groups excluding carboxylic acids is 1. The van der Waals surface area contributed by atoms with Crippen molar-refractivity contribution in [2.24, 2.45) is 0 Å². The number of pyridine rings is 1. The number of hydrogen-bond acceptors (Lipinski definition) is 4. The molecule has 0 spiro atoms. The Morgan fingerprint density at radius 2 is 2.29 bits per heavy atom.